The zero-order valence-corrected chi connectivity index (χ0v) is 8.90. The van der Waals surface area contributed by atoms with Crippen LogP contribution in [0.4, 0.5) is 13.2 Å². The second-order valence-electron chi connectivity index (χ2n) is 3.69. The van der Waals surface area contributed by atoms with Crippen LogP contribution in [0.5, 0.6) is 0 Å². The van der Waals surface area contributed by atoms with Crippen LogP contribution in [0, 0.1) is 5.92 Å². The molecule has 0 bridgehead atoms. The Morgan fingerprint density at radius 3 is 2.41 bits per heavy atom. The van der Waals surface area contributed by atoms with Crippen molar-refractivity contribution in [1.29, 1.82) is 0 Å². The molecule has 0 saturated heterocycles. The minimum absolute atomic E-state index is 0.0604. The summed E-state index contributed by atoms with van der Waals surface area (Å²) >= 11 is 0. The number of halogens is 3. The Morgan fingerprint density at radius 1 is 1.35 bits per heavy atom. The van der Waals surface area contributed by atoms with E-state index in [-0.39, 0.29) is 5.56 Å². The van der Waals surface area contributed by atoms with E-state index in [4.69, 9.17) is 5.11 Å². The van der Waals surface area contributed by atoms with E-state index >= 15 is 0 Å². The normalized spacial score (nSPS) is 15.4. The molecule has 0 aliphatic heterocycles. The van der Waals surface area contributed by atoms with Crippen molar-refractivity contribution in [2.24, 2.45) is 5.92 Å². The highest BCUT2D eigenvalue weighted by molar-refractivity contribution is 5.70. The van der Waals surface area contributed by atoms with Gasteiger partial charge in [-0.1, -0.05) is 12.1 Å². The van der Waals surface area contributed by atoms with E-state index in [2.05, 4.69) is 0 Å². The Balaban J connectivity index is 3.04. The fourth-order valence-corrected chi connectivity index (χ4v) is 1.32. The Bertz CT molecular complexity index is 415. The number of aliphatic hydroxyl groups excluding tert-OH is 1. The maximum atomic E-state index is 12.4. The van der Waals surface area contributed by atoms with Gasteiger partial charge in [-0.3, -0.25) is 4.79 Å². The van der Waals surface area contributed by atoms with Crippen molar-refractivity contribution in [3.05, 3.63) is 35.4 Å². The maximum absolute atomic E-state index is 12.4. The van der Waals surface area contributed by atoms with Crippen LogP contribution >= 0.6 is 0 Å². The van der Waals surface area contributed by atoms with Crippen molar-refractivity contribution in [3.63, 3.8) is 0 Å². The van der Waals surface area contributed by atoms with Crippen LogP contribution < -0.4 is 0 Å². The molecular formula is C11H11F3O3. The third-order valence-corrected chi connectivity index (χ3v) is 2.42. The molecule has 1 aromatic carbocycles. The Hall–Kier alpha value is -1.56. The Labute approximate surface area is 95.5 Å². The van der Waals surface area contributed by atoms with E-state index in [1.54, 1.807) is 0 Å². The molecule has 0 aliphatic carbocycles. The molecule has 17 heavy (non-hydrogen) atoms. The van der Waals surface area contributed by atoms with Crippen LogP contribution in [-0.2, 0) is 11.0 Å². The number of hydrogen-bond donors (Lipinski definition) is 2. The SMILES string of the molecule is CC(C(=O)O)C(O)c1cccc(C(F)(F)F)c1. The number of carboxylic acid groups (broad SMARTS) is 1. The fourth-order valence-electron chi connectivity index (χ4n) is 1.32. The Kier molecular flexibility index (Phi) is 3.77. The highest BCUT2D eigenvalue weighted by atomic mass is 19.4. The monoisotopic (exact) mass is 248 g/mol. The minimum atomic E-state index is -4.51. The Morgan fingerprint density at radius 2 is 1.94 bits per heavy atom. The fraction of sp³-hybridized carbons (Fsp3) is 0.364. The lowest BCUT2D eigenvalue weighted by molar-refractivity contribution is -0.145. The second-order valence-corrected chi connectivity index (χ2v) is 3.69. The number of rotatable bonds is 3. The summed E-state index contributed by atoms with van der Waals surface area (Å²) in [6.07, 6.45) is -5.97. The van der Waals surface area contributed by atoms with Gasteiger partial charge >= 0.3 is 12.1 Å². The third-order valence-electron chi connectivity index (χ3n) is 2.42. The average molecular weight is 248 g/mol. The topological polar surface area (TPSA) is 57.5 Å². The van der Waals surface area contributed by atoms with Crippen LogP contribution in [0.3, 0.4) is 0 Å². The lowest BCUT2D eigenvalue weighted by atomic mass is 9.96. The van der Waals surface area contributed by atoms with Crippen molar-refractivity contribution in [2.45, 2.75) is 19.2 Å². The smallest absolute Gasteiger partial charge is 0.416 e. The third kappa shape index (κ3) is 3.20. The van der Waals surface area contributed by atoms with Crippen molar-refractivity contribution in [1.82, 2.24) is 0 Å². The van der Waals surface area contributed by atoms with Crippen molar-refractivity contribution < 1.29 is 28.2 Å². The van der Waals surface area contributed by atoms with Gasteiger partial charge in [0.1, 0.15) is 0 Å². The molecule has 6 heteroatoms. The van der Waals surface area contributed by atoms with Crippen LogP contribution in [0.25, 0.3) is 0 Å². The first-order valence-electron chi connectivity index (χ1n) is 4.81. The van der Waals surface area contributed by atoms with Gasteiger partial charge in [-0.05, 0) is 24.6 Å². The first-order chi connectivity index (χ1) is 7.73. The standard InChI is InChI=1S/C11H11F3O3/c1-6(10(16)17)9(15)7-3-2-4-8(5-7)11(12,13)14/h2-6,9,15H,1H3,(H,16,17). The van der Waals surface area contributed by atoms with Gasteiger partial charge in [-0.15, -0.1) is 0 Å². The van der Waals surface area contributed by atoms with E-state index in [1.165, 1.54) is 13.0 Å². The highest BCUT2D eigenvalue weighted by Gasteiger charge is 2.32. The summed E-state index contributed by atoms with van der Waals surface area (Å²) < 4.78 is 37.2. The largest absolute Gasteiger partial charge is 0.481 e. The molecule has 2 N–H and O–H groups in total. The molecular weight excluding hydrogens is 237 g/mol. The maximum Gasteiger partial charge on any atom is 0.416 e. The predicted molar refractivity (Wildman–Crippen MR) is 53.2 cm³/mol. The van der Waals surface area contributed by atoms with Gasteiger partial charge in [0, 0.05) is 0 Å². The number of benzene rings is 1. The molecule has 0 saturated carbocycles. The number of carbonyl (C=O) groups is 1. The number of alkyl halides is 3. The van der Waals surface area contributed by atoms with Crippen LogP contribution in [0.15, 0.2) is 24.3 Å². The van der Waals surface area contributed by atoms with Gasteiger partial charge < -0.3 is 10.2 Å². The van der Waals surface area contributed by atoms with Crippen LogP contribution in [-0.4, -0.2) is 16.2 Å². The first-order valence-corrected chi connectivity index (χ1v) is 4.81. The molecule has 0 heterocycles. The van der Waals surface area contributed by atoms with Gasteiger partial charge in [-0.25, -0.2) is 0 Å². The zero-order valence-electron chi connectivity index (χ0n) is 8.90. The summed E-state index contributed by atoms with van der Waals surface area (Å²) in [5, 5.41) is 18.3. The van der Waals surface area contributed by atoms with Gasteiger partial charge in [0.05, 0.1) is 17.6 Å². The summed E-state index contributed by atoms with van der Waals surface area (Å²) in [5.41, 5.74) is -0.971. The van der Waals surface area contributed by atoms with Gasteiger partial charge in [0.25, 0.3) is 0 Å². The quantitative estimate of drug-likeness (QED) is 0.863. The molecule has 2 unspecified atom stereocenters. The molecule has 0 aliphatic rings. The van der Waals surface area contributed by atoms with Gasteiger partial charge in [0.15, 0.2) is 0 Å². The molecule has 3 nitrogen and oxygen atoms in total. The summed E-state index contributed by atoms with van der Waals surface area (Å²) in [7, 11) is 0. The summed E-state index contributed by atoms with van der Waals surface area (Å²) in [4.78, 5) is 10.6. The number of carboxylic acids is 1. The highest BCUT2D eigenvalue weighted by Crippen LogP contribution is 2.32. The first kappa shape index (κ1) is 13.5. The number of hydrogen-bond acceptors (Lipinski definition) is 2. The molecule has 0 aromatic heterocycles. The molecule has 0 spiro atoms. The summed E-state index contributed by atoms with van der Waals surface area (Å²) in [6, 6.07) is 4.01. The van der Waals surface area contributed by atoms with Crippen LogP contribution in [0.1, 0.15) is 24.2 Å². The molecule has 94 valence electrons. The van der Waals surface area contributed by atoms with E-state index in [0.29, 0.717) is 0 Å². The van der Waals surface area contributed by atoms with Gasteiger partial charge in [0.2, 0.25) is 0 Å². The lowest BCUT2D eigenvalue weighted by Crippen LogP contribution is -2.19. The second kappa shape index (κ2) is 4.75. The number of aliphatic hydroxyl groups is 1. The van der Waals surface area contributed by atoms with Crippen LogP contribution in [0.2, 0.25) is 0 Å². The van der Waals surface area contributed by atoms with Crippen molar-refractivity contribution in [2.75, 3.05) is 0 Å². The molecule has 0 amide bonds. The van der Waals surface area contributed by atoms with E-state index in [1.807, 2.05) is 0 Å². The lowest BCUT2D eigenvalue weighted by Gasteiger charge is -2.16. The molecule has 0 fully saturated rings. The van der Waals surface area contributed by atoms with Gasteiger partial charge in [-0.2, -0.15) is 13.2 Å². The predicted octanol–water partition coefficient (Wildman–Crippen LogP) is 2.46. The zero-order chi connectivity index (χ0) is 13.2. The van der Waals surface area contributed by atoms with Crippen molar-refractivity contribution >= 4 is 5.97 Å². The van der Waals surface area contributed by atoms with Crippen molar-refractivity contribution in [3.8, 4) is 0 Å². The number of aliphatic carboxylic acids is 1. The minimum Gasteiger partial charge on any atom is -0.481 e. The molecule has 1 rings (SSSR count). The molecule has 0 radical (unpaired) electrons. The summed E-state index contributed by atoms with van der Waals surface area (Å²) in [6.45, 7) is 1.23. The van der Waals surface area contributed by atoms with E-state index in [0.717, 1.165) is 18.2 Å². The average Bonchev–Trinajstić information content (AvgIpc) is 2.26. The molecule has 1 aromatic rings. The molecule has 2 atom stereocenters. The van der Waals surface area contributed by atoms with E-state index < -0.39 is 29.7 Å². The summed E-state index contributed by atoms with van der Waals surface area (Å²) in [5.74, 6) is -2.44. The van der Waals surface area contributed by atoms with E-state index in [9.17, 15) is 23.1 Å².